The van der Waals surface area contributed by atoms with Crippen LogP contribution in [-0.2, 0) is 34.8 Å². The molecule has 2 N–H and O–H groups in total. The van der Waals surface area contributed by atoms with Crippen LogP contribution in [0.3, 0.4) is 0 Å². The summed E-state index contributed by atoms with van der Waals surface area (Å²) in [5.41, 5.74) is 5.82. The highest BCUT2D eigenvalue weighted by atomic mass is 35.5. The van der Waals surface area contributed by atoms with Crippen molar-refractivity contribution in [1.82, 2.24) is 45.4 Å². The fourth-order valence-corrected chi connectivity index (χ4v) is 18.1. The van der Waals surface area contributed by atoms with Crippen LogP contribution in [0, 0.1) is 0 Å². The highest BCUT2D eigenvalue weighted by molar-refractivity contribution is 6.17. The van der Waals surface area contributed by atoms with Crippen molar-refractivity contribution >= 4 is 47.4 Å². The number of hydrogen-bond acceptors (Lipinski definition) is 23. The maximum Gasteiger partial charge on any atom is 0.573 e. The highest BCUT2D eigenvalue weighted by Gasteiger charge is 2.48. The van der Waals surface area contributed by atoms with Gasteiger partial charge in [0.05, 0.1) is 16.7 Å². The number of benzene rings is 12. The van der Waals surface area contributed by atoms with Crippen molar-refractivity contribution in [3.8, 4) is 34.9 Å². The number of ether oxygens (including phenoxy) is 11. The second kappa shape index (κ2) is 49.1. The van der Waals surface area contributed by atoms with Crippen LogP contribution in [-0.4, -0.2) is 143 Å². The number of halogens is 10. The van der Waals surface area contributed by atoms with E-state index in [-0.39, 0.29) is 100 Å². The van der Waals surface area contributed by atoms with Gasteiger partial charge in [-0.1, -0.05) is 316 Å². The van der Waals surface area contributed by atoms with E-state index < -0.39 is 73.6 Å². The Bertz CT molecular complexity index is 6570. The number of alkyl halides is 10. The van der Waals surface area contributed by atoms with Crippen LogP contribution in [0.1, 0.15) is 207 Å². The van der Waals surface area contributed by atoms with Crippen molar-refractivity contribution in [3.05, 3.63) is 430 Å². The van der Waals surface area contributed by atoms with Gasteiger partial charge in [-0.25, -0.2) is 43.2 Å². The number of aromatic amines is 1. The van der Waals surface area contributed by atoms with Gasteiger partial charge in [-0.15, -0.1) is 39.5 Å². The summed E-state index contributed by atoms with van der Waals surface area (Å²) in [5, 5.41) is 38.3. The Balaban J connectivity index is 0.000000160. The molecule has 0 unspecified atom stereocenters. The first-order chi connectivity index (χ1) is 71.1. The molecule has 3 aliphatic rings. The van der Waals surface area contributed by atoms with Crippen molar-refractivity contribution in [1.29, 1.82) is 0 Å². The van der Waals surface area contributed by atoms with Gasteiger partial charge >= 0.3 is 54.9 Å². The van der Waals surface area contributed by atoms with Crippen molar-refractivity contribution < 1.29 is 125 Å². The van der Waals surface area contributed by atoms with E-state index in [9.17, 15) is 73.4 Å². The van der Waals surface area contributed by atoms with Gasteiger partial charge in [0.2, 0.25) is 30.7 Å². The summed E-state index contributed by atoms with van der Waals surface area (Å²) in [7, 11) is 0. The first-order valence-electron chi connectivity index (χ1n) is 46.6. The van der Waals surface area contributed by atoms with Gasteiger partial charge in [-0.2, -0.15) is 0 Å². The number of H-pyrrole nitrogens is 1. The molecule has 12 aromatic carbocycles. The van der Waals surface area contributed by atoms with Gasteiger partial charge in [0.25, 0.3) is 17.6 Å². The van der Waals surface area contributed by atoms with Crippen LogP contribution in [0.5, 0.6) is 34.9 Å². The molecule has 3 aromatic heterocycles. The molecule has 37 heteroatoms. The van der Waals surface area contributed by atoms with Crippen molar-refractivity contribution in [2.75, 3.05) is 19.7 Å². The van der Waals surface area contributed by atoms with Gasteiger partial charge in [-0.05, 0) is 218 Å². The molecule has 758 valence electrons. The summed E-state index contributed by atoms with van der Waals surface area (Å²) in [5.74, 6) is -5.19. The number of nitrogens with zero attached hydrogens (tertiary/aromatic N) is 8. The molecule has 0 atom stereocenters. The predicted molar refractivity (Wildman–Crippen MR) is 516 cm³/mol. The average molecular weight is 2040 g/mol. The maximum atomic E-state index is 14.3. The number of rotatable bonds is 31. The summed E-state index contributed by atoms with van der Waals surface area (Å²) < 4.78 is 172. The van der Waals surface area contributed by atoms with E-state index in [1.165, 1.54) is 45.8 Å². The van der Waals surface area contributed by atoms with Crippen LogP contribution in [0.4, 0.5) is 39.5 Å². The lowest BCUT2D eigenvalue weighted by Gasteiger charge is -2.36. The number of nitrogens with one attached hydrogen (secondary N) is 1. The Labute approximate surface area is 841 Å². The van der Waals surface area contributed by atoms with Gasteiger partial charge in [-0.3, -0.25) is 0 Å². The molecule has 0 bridgehead atoms. The number of carboxylic acid groups (broad SMARTS) is 1. The Morgan fingerprint density at radius 1 is 0.306 bits per heavy atom. The summed E-state index contributed by atoms with van der Waals surface area (Å²) in [6.07, 6.45) is -7.25. The third kappa shape index (κ3) is 27.3. The number of carbonyl (C=O) groups excluding carboxylic acids is 5. The molecule has 0 spiro atoms. The van der Waals surface area contributed by atoms with Crippen molar-refractivity contribution in [2.45, 2.75) is 143 Å². The highest BCUT2D eigenvalue weighted by Crippen LogP contribution is 2.47. The molecule has 147 heavy (non-hydrogen) atoms. The fourth-order valence-electron chi connectivity index (χ4n) is 18.0. The van der Waals surface area contributed by atoms with Gasteiger partial charge in [0.1, 0.15) is 46.6 Å². The zero-order chi connectivity index (χ0) is 103. The molecule has 0 radical (unpaired) electrons. The lowest BCUT2D eigenvalue weighted by molar-refractivity contribution is -0.275. The van der Waals surface area contributed by atoms with Crippen molar-refractivity contribution in [3.63, 3.8) is 0 Å². The SMILES string of the molecule is O=C(O)c1c(OC2CCC(c3ccc(OC(F)(F)F)cc3)CC2)nnn1C(c1ccccc1)(c1ccccc1)c1ccccc1.O=C(OCCl)c1ccccc1.O=C(OCOC(=O)c1[nH]nnc1OC1CCC(c2ccc(OC(F)(F)F)cc2)CC1)c1ccccc1.O=C(OCOC(=O)c1c(OC2CCC(c3ccc(OC(F)(F)F)cc3)CC2)nnn1C(c1ccccc1)(c1ccccc1)c1ccccc1)c1ccccc1. The monoisotopic (exact) mass is 2040 g/mol. The topological polar surface area (TPSA) is 327 Å². The lowest BCUT2D eigenvalue weighted by atomic mass is 9.77. The fraction of sp³-hybridized carbons (Fsp3) is 0.236. The summed E-state index contributed by atoms with van der Waals surface area (Å²) in [6, 6.07) is 101. The van der Waals surface area contributed by atoms with E-state index in [0.717, 1.165) is 62.9 Å². The van der Waals surface area contributed by atoms with E-state index in [0.29, 0.717) is 80.9 Å². The minimum atomic E-state index is -4.76. The summed E-state index contributed by atoms with van der Waals surface area (Å²) in [6.45, 7) is -1.27. The molecule has 3 saturated carbocycles. The molecule has 3 aliphatic carbocycles. The number of hydrogen-bond donors (Lipinski definition) is 2. The minimum Gasteiger partial charge on any atom is -0.476 e. The number of carbonyl (C=O) groups is 6. The molecule has 15 aromatic rings. The first kappa shape index (κ1) is 105. The summed E-state index contributed by atoms with van der Waals surface area (Å²) in [4.78, 5) is 75.2. The molecule has 27 nitrogen and oxygen atoms in total. The quantitative estimate of drug-likeness (QED) is 0.0102. The third-order valence-corrected chi connectivity index (χ3v) is 24.9. The molecule has 3 heterocycles. The first-order valence-corrected chi connectivity index (χ1v) is 47.2. The Hall–Kier alpha value is -16.7. The molecular weight excluding hydrogens is 1940 g/mol. The molecular formula is C110H95ClF9N9O18. The normalized spacial score (nSPS) is 16.2. The molecule has 18 rings (SSSR count). The number of aromatic carboxylic acids is 1. The van der Waals surface area contributed by atoms with E-state index in [4.69, 9.17) is 44.8 Å². The van der Waals surface area contributed by atoms with Gasteiger partial charge in [0, 0.05) is 0 Å². The molecule has 3 fully saturated rings. The van der Waals surface area contributed by atoms with E-state index >= 15 is 0 Å². The van der Waals surface area contributed by atoms with Gasteiger partial charge < -0.3 is 57.2 Å². The van der Waals surface area contributed by atoms with E-state index in [1.54, 1.807) is 121 Å². The standard InChI is InChI=1S/C43H36F3N3O6.C35H30F3N3O4.C24H22F3N3O6.C8H7ClO2/c44-43(45,46)55-37-27-23-31(24-28-37)30-21-25-36(26-22-30)54-39-38(41(51)53-29-52-40(50)32-13-5-1-6-14-32)49(48-47-39)42(33-15-7-2-8-16-33,34-17-9-3-10-18-34)35-19-11-4-12-20-35;36-35(37,38)45-30-22-18-25(19-23-30)24-16-20-29(21-17-24)44-32-31(33(42)43)41(40-39-32)34(26-10-4-1-5-11-26,27-12-6-2-7-13-27)28-14-8-3-9-15-28;25-24(26,27)36-19-12-8-16(9-13-19)15-6-10-18(11-7-15)35-21-20(28-30-29-21)23(32)34-14-33-22(31)17-4-2-1-3-5-17;9-6-11-8(10)7-4-2-1-3-5-7/h1-20,23-24,27-28,30,36H,21-22,25-26,29H2;1-15,18-19,22-24,29H,16-17,20-21H2,(H,42,43);1-5,8-9,12-13,15,18H,6-7,10-11,14H2,(H,28,29,30);1-5H,6H2. The third-order valence-electron chi connectivity index (χ3n) is 24.8. The van der Waals surface area contributed by atoms with Crippen LogP contribution in [0.25, 0.3) is 0 Å². The van der Waals surface area contributed by atoms with Crippen LogP contribution in [0.2, 0.25) is 0 Å². The Morgan fingerprint density at radius 2 is 0.558 bits per heavy atom. The minimum absolute atomic E-state index is 0.0218. The summed E-state index contributed by atoms with van der Waals surface area (Å²) >= 11 is 5.20. The number of esters is 5. The van der Waals surface area contributed by atoms with Crippen molar-refractivity contribution in [2.24, 2.45) is 0 Å². The number of carboxylic acids is 1. The van der Waals surface area contributed by atoms with Crippen LogP contribution >= 0.6 is 11.6 Å². The Morgan fingerprint density at radius 3 is 0.837 bits per heavy atom. The largest absolute Gasteiger partial charge is 0.573 e. The number of aromatic nitrogens is 9. The molecule has 0 aliphatic heterocycles. The Kier molecular flexibility index (Phi) is 34.9. The molecule has 0 amide bonds. The van der Waals surface area contributed by atoms with Crippen LogP contribution < -0.4 is 28.4 Å². The predicted octanol–water partition coefficient (Wildman–Crippen LogP) is 23.7. The second-order valence-corrected chi connectivity index (χ2v) is 34.2. The average Bonchev–Trinajstić information content (AvgIpc) is 1.63. The maximum absolute atomic E-state index is 14.3. The lowest BCUT2D eigenvalue weighted by Crippen LogP contribution is -2.41. The van der Waals surface area contributed by atoms with Crippen LogP contribution in [0.15, 0.2) is 346 Å². The van der Waals surface area contributed by atoms with E-state index in [2.05, 4.69) is 55.0 Å². The smallest absolute Gasteiger partial charge is 0.476 e. The second-order valence-electron chi connectivity index (χ2n) is 34.0. The zero-order valence-corrected chi connectivity index (χ0v) is 79.0. The molecule has 0 saturated heterocycles. The van der Waals surface area contributed by atoms with Gasteiger partial charge in [0.15, 0.2) is 6.07 Å². The van der Waals surface area contributed by atoms with E-state index in [1.807, 2.05) is 188 Å². The zero-order valence-electron chi connectivity index (χ0n) is 78.2.